The molecule has 1 aromatic rings. The summed E-state index contributed by atoms with van der Waals surface area (Å²) in [6, 6.07) is 7.93. The van der Waals surface area contributed by atoms with Crippen molar-refractivity contribution in [1.29, 1.82) is 0 Å². The van der Waals surface area contributed by atoms with Crippen LogP contribution in [0.5, 0.6) is 0 Å². The Morgan fingerprint density at radius 1 is 1.22 bits per heavy atom. The van der Waals surface area contributed by atoms with Crippen molar-refractivity contribution in [3.8, 4) is 0 Å². The molecule has 0 spiro atoms. The molecule has 0 aromatic heterocycles. The van der Waals surface area contributed by atoms with Crippen molar-refractivity contribution in [2.75, 3.05) is 0 Å². The number of amides is 2. The summed E-state index contributed by atoms with van der Waals surface area (Å²) in [5.41, 5.74) is 1.81. The molecule has 2 N–H and O–H groups in total. The summed E-state index contributed by atoms with van der Waals surface area (Å²) in [5.74, 6) is -0.0811. The molecule has 0 heterocycles. The Balaban J connectivity index is 1.61. The van der Waals surface area contributed by atoms with Gasteiger partial charge in [0.15, 0.2) is 0 Å². The van der Waals surface area contributed by atoms with Crippen LogP contribution in [0, 0.1) is 6.92 Å². The minimum atomic E-state index is -0.481. The number of carbonyl (C=O) groups excluding carboxylic acids is 2. The SMILES string of the molecule is Cc1cccc(C2(C(=O)N[C@H](C)C(=O)NC3CCCC3)CC2)c1. The molecule has 0 radical (unpaired) electrons. The second-order valence-electron chi connectivity index (χ2n) is 7.14. The number of rotatable bonds is 5. The van der Waals surface area contributed by atoms with E-state index in [2.05, 4.69) is 16.7 Å². The van der Waals surface area contributed by atoms with Crippen LogP contribution in [0.25, 0.3) is 0 Å². The van der Waals surface area contributed by atoms with Crippen molar-refractivity contribution >= 4 is 11.8 Å². The largest absolute Gasteiger partial charge is 0.352 e. The zero-order chi connectivity index (χ0) is 16.4. The predicted octanol–water partition coefficient (Wildman–Crippen LogP) is 2.59. The van der Waals surface area contributed by atoms with Gasteiger partial charge in [-0.25, -0.2) is 0 Å². The monoisotopic (exact) mass is 314 g/mol. The van der Waals surface area contributed by atoms with Crippen LogP contribution in [0.3, 0.4) is 0 Å². The molecule has 2 amide bonds. The lowest BCUT2D eigenvalue weighted by atomic mass is 9.93. The maximum atomic E-state index is 12.7. The van der Waals surface area contributed by atoms with E-state index in [4.69, 9.17) is 0 Å². The molecular weight excluding hydrogens is 288 g/mol. The molecule has 0 bridgehead atoms. The predicted molar refractivity (Wildman–Crippen MR) is 90.1 cm³/mol. The van der Waals surface area contributed by atoms with Gasteiger partial charge >= 0.3 is 0 Å². The molecule has 0 unspecified atom stereocenters. The zero-order valence-electron chi connectivity index (χ0n) is 14.0. The van der Waals surface area contributed by atoms with Gasteiger partial charge in [0.05, 0.1) is 5.41 Å². The highest BCUT2D eigenvalue weighted by molar-refractivity contribution is 5.95. The maximum absolute atomic E-state index is 12.7. The van der Waals surface area contributed by atoms with Crippen LogP contribution in [0.15, 0.2) is 24.3 Å². The first kappa shape index (κ1) is 16.0. The summed E-state index contributed by atoms with van der Waals surface area (Å²) < 4.78 is 0. The van der Waals surface area contributed by atoms with Gasteiger partial charge in [0, 0.05) is 6.04 Å². The summed E-state index contributed by atoms with van der Waals surface area (Å²) in [5, 5.41) is 5.97. The molecule has 1 aromatic carbocycles. The average Bonchev–Trinajstić information content (AvgIpc) is 3.19. The summed E-state index contributed by atoms with van der Waals surface area (Å²) in [4.78, 5) is 24.9. The van der Waals surface area contributed by atoms with Crippen LogP contribution in [-0.4, -0.2) is 23.9 Å². The highest BCUT2D eigenvalue weighted by Gasteiger charge is 2.51. The van der Waals surface area contributed by atoms with Crippen LogP contribution in [0.2, 0.25) is 0 Å². The van der Waals surface area contributed by atoms with Crippen molar-refractivity contribution < 1.29 is 9.59 Å². The van der Waals surface area contributed by atoms with Crippen LogP contribution in [0.4, 0.5) is 0 Å². The minimum absolute atomic E-state index is 0.0165. The van der Waals surface area contributed by atoms with E-state index in [0.717, 1.165) is 36.8 Å². The van der Waals surface area contributed by atoms with E-state index >= 15 is 0 Å². The fourth-order valence-electron chi connectivity index (χ4n) is 3.51. The molecule has 2 saturated carbocycles. The Hall–Kier alpha value is -1.84. The van der Waals surface area contributed by atoms with E-state index in [9.17, 15) is 9.59 Å². The lowest BCUT2D eigenvalue weighted by Crippen LogP contribution is -2.50. The Labute approximate surface area is 138 Å². The highest BCUT2D eigenvalue weighted by Crippen LogP contribution is 2.48. The maximum Gasteiger partial charge on any atom is 0.242 e. The van der Waals surface area contributed by atoms with Gasteiger partial charge in [0.2, 0.25) is 11.8 Å². The van der Waals surface area contributed by atoms with E-state index in [1.807, 2.05) is 25.1 Å². The van der Waals surface area contributed by atoms with Crippen LogP contribution in [0.1, 0.15) is 56.6 Å². The van der Waals surface area contributed by atoms with Crippen LogP contribution in [-0.2, 0) is 15.0 Å². The van der Waals surface area contributed by atoms with Gasteiger partial charge in [-0.15, -0.1) is 0 Å². The number of hydrogen-bond donors (Lipinski definition) is 2. The molecule has 23 heavy (non-hydrogen) atoms. The topological polar surface area (TPSA) is 58.2 Å². The van der Waals surface area contributed by atoms with E-state index in [1.54, 1.807) is 6.92 Å². The fourth-order valence-corrected chi connectivity index (χ4v) is 3.51. The Morgan fingerprint density at radius 3 is 2.52 bits per heavy atom. The molecule has 2 aliphatic rings. The normalized spacial score (nSPS) is 20.8. The van der Waals surface area contributed by atoms with Crippen molar-refractivity contribution in [1.82, 2.24) is 10.6 Å². The molecule has 2 aliphatic carbocycles. The third-order valence-corrected chi connectivity index (χ3v) is 5.20. The molecule has 1 atom stereocenters. The quantitative estimate of drug-likeness (QED) is 0.877. The van der Waals surface area contributed by atoms with E-state index in [0.29, 0.717) is 0 Å². The average molecular weight is 314 g/mol. The molecule has 4 nitrogen and oxygen atoms in total. The number of aryl methyl sites for hydroxylation is 1. The molecule has 124 valence electrons. The van der Waals surface area contributed by atoms with Crippen molar-refractivity contribution in [3.63, 3.8) is 0 Å². The number of nitrogens with one attached hydrogen (secondary N) is 2. The second-order valence-corrected chi connectivity index (χ2v) is 7.14. The summed E-state index contributed by atoms with van der Waals surface area (Å²) in [7, 11) is 0. The minimum Gasteiger partial charge on any atom is -0.352 e. The summed E-state index contributed by atoms with van der Waals surface area (Å²) in [6.07, 6.45) is 6.20. The van der Waals surface area contributed by atoms with Gasteiger partial charge in [-0.3, -0.25) is 9.59 Å². The molecule has 0 aliphatic heterocycles. The molecule has 3 rings (SSSR count). The van der Waals surface area contributed by atoms with Gasteiger partial charge in [0.25, 0.3) is 0 Å². The Morgan fingerprint density at radius 2 is 1.91 bits per heavy atom. The fraction of sp³-hybridized carbons (Fsp3) is 0.579. The smallest absolute Gasteiger partial charge is 0.242 e. The van der Waals surface area contributed by atoms with Gasteiger partial charge < -0.3 is 10.6 Å². The standard InChI is InChI=1S/C19H26N2O2/c1-13-6-5-7-15(12-13)19(10-11-19)18(23)20-14(2)17(22)21-16-8-3-4-9-16/h5-7,12,14,16H,3-4,8-11H2,1-2H3,(H,20,23)(H,21,22)/t14-/m1/s1. The van der Waals surface area contributed by atoms with Crippen LogP contribution < -0.4 is 10.6 Å². The van der Waals surface area contributed by atoms with Crippen LogP contribution >= 0.6 is 0 Å². The van der Waals surface area contributed by atoms with Gasteiger partial charge in [0.1, 0.15) is 6.04 Å². The third kappa shape index (κ3) is 3.41. The molecular formula is C19H26N2O2. The van der Waals surface area contributed by atoms with Gasteiger partial charge in [-0.1, -0.05) is 42.7 Å². The number of carbonyl (C=O) groups is 2. The zero-order valence-corrected chi connectivity index (χ0v) is 14.0. The Bertz CT molecular complexity index is 601. The highest BCUT2D eigenvalue weighted by atomic mass is 16.2. The first-order valence-corrected chi connectivity index (χ1v) is 8.70. The van der Waals surface area contributed by atoms with E-state index in [-0.39, 0.29) is 17.9 Å². The molecule has 4 heteroatoms. The third-order valence-electron chi connectivity index (χ3n) is 5.20. The van der Waals surface area contributed by atoms with E-state index < -0.39 is 11.5 Å². The van der Waals surface area contributed by atoms with Gasteiger partial charge in [-0.05, 0) is 45.1 Å². The second kappa shape index (κ2) is 6.34. The summed E-state index contributed by atoms with van der Waals surface area (Å²) >= 11 is 0. The molecule has 2 fully saturated rings. The first-order chi connectivity index (χ1) is 11.0. The lowest BCUT2D eigenvalue weighted by molar-refractivity contribution is -0.130. The van der Waals surface area contributed by atoms with Gasteiger partial charge in [-0.2, -0.15) is 0 Å². The van der Waals surface area contributed by atoms with Crippen molar-refractivity contribution in [2.45, 2.75) is 69.9 Å². The van der Waals surface area contributed by atoms with Crippen molar-refractivity contribution in [3.05, 3.63) is 35.4 Å². The first-order valence-electron chi connectivity index (χ1n) is 8.70. The van der Waals surface area contributed by atoms with E-state index in [1.165, 1.54) is 12.8 Å². The molecule has 0 saturated heterocycles. The number of benzene rings is 1. The lowest BCUT2D eigenvalue weighted by Gasteiger charge is -2.21. The Kier molecular flexibility index (Phi) is 4.42. The van der Waals surface area contributed by atoms with Crippen molar-refractivity contribution in [2.24, 2.45) is 0 Å². The number of hydrogen-bond acceptors (Lipinski definition) is 2. The summed E-state index contributed by atoms with van der Waals surface area (Å²) in [6.45, 7) is 3.81.